The Morgan fingerprint density at radius 2 is 0.742 bits per heavy atom. The van der Waals surface area contributed by atoms with Gasteiger partial charge < -0.3 is 28.2 Å². The number of hydrogen-bond acceptors (Lipinski definition) is 6. The highest BCUT2D eigenvalue weighted by atomic mass is 16.7. The quantitative estimate of drug-likeness (QED) is 0.444. The molecule has 0 aliphatic carbocycles. The molecule has 0 spiro atoms. The van der Waals surface area contributed by atoms with Crippen LogP contribution in [0.3, 0.4) is 0 Å². The van der Waals surface area contributed by atoms with Crippen molar-refractivity contribution in [2.75, 3.05) is 21.3 Å². The van der Waals surface area contributed by atoms with Crippen LogP contribution in [-0.2, 0) is 0 Å². The normalized spacial score (nSPS) is 10.3. The fourth-order valence-corrected chi connectivity index (χ4v) is 3.00. The predicted octanol–water partition coefficient (Wildman–Crippen LogP) is 5.16. The molecule has 0 bridgehead atoms. The summed E-state index contributed by atoms with van der Waals surface area (Å²) < 4.78 is 34.6. The molecule has 0 fully saturated rings. The van der Waals surface area contributed by atoms with Crippen molar-refractivity contribution in [1.29, 1.82) is 0 Å². The van der Waals surface area contributed by atoms with Gasteiger partial charge in [-0.2, -0.15) is 0 Å². The van der Waals surface area contributed by atoms with E-state index in [-0.39, 0.29) is 0 Å². The maximum atomic E-state index is 6.08. The van der Waals surface area contributed by atoms with Crippen LogP contribution in [-0.4, -0.2) is 28.7 Å². The molecule has 0 heterocycles. The maximum absolute atomic E-state index is 6.08. The van der Waals surface area contributed by atoms with Crippen molar-refractivity contribution in [3.63, 3.8) is 0 Å². The van der Waals surface area contributed by atoms with Crippen LogP contribution in [0.1, 0.15) is 16.7 Å². The standard InChI is InChI=1S/C24H27BO6/c1-16-7-10-19(22(13-16)26-4)29-25(30-20-11-8-17(2)14-23(20)27-5)31-21-12-9-18(3)15-24(21)28-6/h7-15H,1-6H3. The fourth-order valence-electron chi connectivity index (χ4n) is 3.00. The summed E-state index contributed by atoms with van der Waals surface area (Å²) in [5.74, 6) is 3.16. The van der Waals surface area contributed by atoms with Gasteiger partial charge in [-0.3, -0.25) is 0 Å². The van der Waals surface area contributed by atoms with Crippen molar-refractivity contribution < 1.29 is 28.2 Å². The fraction of sp³-hybridized carbons (Fsp3) is 0.250. The Labute approximate surface area is 183 Å². The second-order valence-corrected chi connectivity index (χ2v) is 7.11. The molecule has 0 amide bonds. The number of hydrogen-bond donors (Lipinski definition) is 0. The van der Waals surface area contributed by atoms with E-state index in [9.17, 15) is 0 Å². The summed E-state index contributed by atoms with van der Waals surface area (Å²) in [6.07, 6.45) is 0. The van der Waals surface area contributed by atoms with Crippen molar-refractivity contribution in [3.05, 3.63) is 71.3 Å². The summed E-state index contributed by atoms with van der Waals surface area (Å²) >= 11 is 0. The number of aryl methyl sites for hydroxylation is 3. The van der Waals surface area contributed by atoms with Crippen molar-refractivity contribution in [1.82, 2.24) is 0 Å². The van der Waals surface area contributed by atoms with Crippen LogP contribution in [0, 0.1) is 20.8 Å². The molecule has 0 radical (unpaired) electrons. The predicted molar refractivity (Wildman–Crippen MR) is 121 cm³/mol. The Kier molecular flexibility index (Phi) is 7.18. The van der Waals surface area contributed by atoms with Gasteiger partial charge in [0.15, 0.2) is 17.2 Å². The van der Waals surface area contributed by atoms with Crippen LogP contribution in [0.5, 0.6) is 34.5 Å². The molecule has 0 saturated carbocycles. The topological polar surface area (TPSA) is 55.4 Å². The summed E-state index contributed by atoms with van der Waals surface area (Å²) in [7, 11) is 3.63. The van der Waals surface area contributed by atoms with Crippen molar-refractivity contribution in [2.45, 2.75) is 20.8 Å². The molecule has 6 nitrogen and oxygen atoms in total. The monoisotopic (exact) mass is 422 g/mol. The minimum Gasteiger partial charge on any atom is -0.493 e. The van der Waals surface area contributed by atoms with E-state index in [1.165, 1.54) is 0 Å². The molecule has 162 valence electrons. The second-order valence-electron chi connectivity index (χ2n) is 7.11. The Morgan fingerprint density at radius 3 is 1.00 bits per heavy atom. The van der Waals surface area contributed by atoms with E-state index in [0.717, 1.165) is 16.7 Å². The van der Waals surface area contributed by atoms with Gasteiger partial charge in [0.05, 0.1) is 21.3 Å². The Bertz CT molecular complexity index is 905. The van der Waals surface area contributed by atoms with Crippen LogP contribution in [0.2, 0.25) is 0 Å². The SMILES string of the molecule is COc1cc(C)ccc1OB(Oc1ccc(C)cc1OC)Oc1ccc(C)cc1OC. The maximum Gasteiger partial charge on any atom is 0.864 e. The number of ether oxygens (including phenoxy) is 3. The highest BCUT2D eigenvalue weighted by molar-refractivity contribution is 6.39. The molecular weight excluding hydrogens is 395 g/mol. The van der Waals surface area contributed by atoms with Gasteiger partial charge in [-0.25, -0.2) is 0 Å². The third-order valence-corrected chi connectivity index (χ3v) is 4.63. The molecule has 0 saturated heterocycles. The molecule has 0 aliphatic heterocycles. The first-order valence-corrected chi connectivity index (χ1v) is 9.87. The van der Waals surface area contributed by atoms with Crippen LogP contribution in [0.15, 0.2) is 54.6 Å². The van der Waals surface area contributed by atoms with Gasteiger partial charge in [-0.15, -0.1) is 0 Å². The van der Waals surface area contributed by atoms with E-state index >= 15 is 0 Å². The zero-order valence-corrected chi connectivity index (χ0v) is 18.7. The van der Waals surface area contributed by atoms with Gasteiger partial charge in [0.25, 0.3) is 0 Å². The molecule has 3 aromatic rings. The number of rotatable bonds is 9. The molecule has 0 aromatic heterocycles. The Morgan fingerprint density at radius 1 is 0.452 bits per heavy atom. The average molecular weight is 422 g/mol. The summed E-state index contributed by atoms with van der Waals surface area (Å²) in [6.45, 7) is 5.93. The first-order valence-electron chi connectivity index (χ1n) is 9.87. The highest BCUT2D eigenvalue weighted by Crippen LogP contribution is 2.34. The molecule has 0 unspecified atom stereocenters. The van der Waals surface area contributed by atoms with E-state index in [0.29, 0.717) is 34.5 Å². The third kappa shape index (κ3) is 5.57. The van der Waals surface area contributed by atoms with Crippen molar-refractivity contribution in [3.8, 4) is 34.5 Å². The van der Waals surface area contributed by atoms with Crippen LogP contribution in [0.4, 0.5) is 0 Å². The van der Waals surface area contributed by atoms with Gasteiger partial charge >= 0.3 is 7.32 Å². The molecule has 3 aromatic carbocycles. The largest absolute Gasteiger partial charge is 0.864 e. The van der Waals surface area contributed by atoms with Crippen molar-refractivity contribution >= 4 is 7.32 Å². The van der Waals surface area contributed by atoms with Crippen LogP contribution in [0.25, 0.3) is 0 Å². The summed E-state index contributed by atoms with van der Waals surface area (Å²) in [6, 6.07) is 16.9. The molecule has 3 rings (SSSR count). The van der Waals surface area contributed by atoms with Gasteiger partial charge in [-0.1, -0.05) is 18.2 Å². The lowest BCUT2D eigenvalue weighted by atomic mass is 10.1. The number of methoxy groups -OCH3 is 3. The van der Waals surface area contributed by atoms with Gasteiger partial charge in [0.2, 0.25) is 0 Å². The van der Waals surface area contributed by atoms with E-state index < -0.39 is 7.32 Å². The smallest absolute Gasteiger partial charge is 0.493 e. The molecule has 7 heteroatoms. The van der Waals surface area contributed by atoms with Gasteiger partial charge in [0.1, 0.15) is 17.2 Å². The van der Waals surface area contributed by atoms with Gasteiger partial charge in [-0.05, 0) is 73.9 Å². The lowest BCUT2D eigenvalue weighted by molar-refractivity contribution is 0.281. The third-order valence-electron chi connectivity index (χ3n) is 4.63. The lowest BCUT2D eigenvalue weighted by Gasteiger charge is -2.20. The Hall–Kier alpha value is -3.48. The van der Waals surface area contributed by atoms with E-state index in [4.69, 9.17) is 28.2 Å². The highest BCUT2D eigenvalue weighted by Gasteiger charge is 2.33. The first kappa shape index (κ1) is 22.2. The zero-order chi connectivity index (χ0) is 22.4. The van der Waals surface area contributed by atoms with E-state index in [1.807, 2.05) is 75.4 Å². The second kappa shape index (κ2) is 10.0. The molecule has 0 atom stereocenters. The summed E-state index contributed by atoms with van der Waals surface area (Å²) in [5.41, 5.74) is 3.13. The number of benzene rings is 3. The average Bonchev–Trinajstić information content (AvgIpc) is 2.77. The Balaban J connectivity index is 1.96. The molecular formula is C24H27BO6. The first-order chi connectivity index (χ1) is 14.9. The molecule has 31 heavy (non-hydrogen) atoms. The summed E-state index contributed by atoms with van der Waals surface area (Å²) in [5, 5.41) is 0. The summed E-state index contributed by atoms with van der Waals surface area (Å²) in [4.78, 5) is 0. The lowest BCUT2D eigenvalue weighted by Crippen LogP contribution is -2.37. The molecule has 0 N–H and O–H groups in total. The zero-order valence-electron chi connectivity index (χ0n) is 18.7. The van der Waals surface area contributed by atoms with Crippen LogP contribution >= 0.6 is 0 Å². The minimum atomic E-state index is -1.13. The van der Waals surface area contributed by atoms with Gasteiger partial charge in [0, 0.05) is 0 Å². The van der Waals surface area contributed by atoms with E-state index in [2.05, 4.69) is 0 Å². The minimum absolute atomic E-state index is 0.482. The van der Waals surface area contributed by atoms with Crippen molar-refractivity contribution in [2.24, 2.45) is 0 Å². The molecule has 0 aliphatic rings. The van der Waals surface area contributed by atoms with E-state index in [1.54, 1.807) is 21.3 Å². The van der Waals surface area contributed by atoms with Crippen LogP contribution < -0.4 is 28.2 Å².